The first kappa shape index (κ1) is 9.63. The third kappa shape index (κ3) is 2.50. The van der Waals surface area contributed by atoms with Gasteiger partial charge in [0.05, 0.1) is 0 Å². The summed E-state index contributed by atoms with van der Waals surface area (Å²) >= 11 is 11.8. The zero-order valence-electron chi connectivity index (χ0n) is 7.20. The number of nitrogens with one attached hydrogen (secondary N) is 1. The minimum absolute atomic E-state index is 0.435. The van der Waals surface area contributed by atoms with Crippen molar-refractivity contribution in [3.05, 3.63) is 0 Å². The molecule has 3 heteroatoms. The van der Waals surface area contributed by atoms with Gasteiger partial charge in [0.2, 0.25) is 0 Å². The van der Waals surface area contributed by atoms with Gasteiger partial charge in [-0.3, -0.25) is 0 Å². The maximum atomic E-state index is 5.91. The molecule has 11 heavy (non-hydrogen) atoms. The van der Waals surface area contributed by atoms with Crippen molar-refractivity contribution in [1.29, 1.82) is 0 Å². The highest BCUT2D eigenvalue weighted by Gasteiger charge is 2.54. The zero-order chi connectivity index (χ0) is 8.65. The van der Waals surface area contributed by atoms with Crippen LogP contribution in [0.15, 0.2) is 0 Å². The molecule has 0 aliphatic heterocycles. The van der Waals surface area contributed by atoms with Gasteiger partial charge in [-0.1, -0.05) is 13.8 Å². The molecule has 1 fully saturated rings. The van der Waals surface area contributed by atoms with Crippen LogP contribution in [-0.2, 0) is 0 Å². The summed E-state index contributed by atoms with van der Waals surface area (Å²) in [6.45, 7) is 6.39. The van der Waals surface area contributed by atoms with Crippen LogP contribution >= 0.6 is 23.2 Å². The van der Waals surface area contributed by atoms with E-state index in [0.717, 1.165) is 6.42 Å². The Kier molecular flexibility index (Phi) is 2.73. The van der Waals surface area contributed by atoms with Crippen LogP contribution < -0.4 is 5.32 Å². The van der Waals surface area contributed by atoms with E-state index in [0.29, 0.717) is 18.0 Å². The van der Waals surface area contributed by atoms with Gasteiger partial charge in [-0.05, 0) is 13.3 Å². The highest BCUT2D eigenvalue weighted by molar-refractivity contribution is 6.50. The summed E-state index contributed by atoms with van der Waals surface area (Å²) in [5.41, 5.74) is 0. The molecule has 0 radical (unpaired) electrons. The Labute approximate surface area is 78.4 Å². The van der Waals surface area contributed by atoms with Gasteiger partial charge in [0.1, 0.15) is 4.33 Å². The number of halogens is 2. The summed E-state index contributed by atoms with van der Waals surface area (Å²) in [6, 6.07) is 0.944. The largest absolute Gasteiger partial charge is 0.312 e. The van der Waals surface area contributed by atoms with E-state index >= 15 is 0 Å². The van der Waals surface area contributed by atoms with Gasteiger partial charge in [-0.2, -0.15) is 0 Å². The number of alkyl halides is 2. The molecule has 1 N–H and O–H groups in total. The molecule has 1 rings (SSSR count). The molecule has 0 aromatic carbocycles. The number of rotatable bonds is 3. The molecule has 1 nitrogen and oxygen atoms in total. The van der Waals surface area contributed by atoms with E-state index < -0.39 is 4.33 Å². The Balaban J connectivity index is 2.28. The van der Waals surface area contributed by atoms with Gasteiger partial charge in [-0.15, -0.1) is 23.2 Å². The molecule has 2 atom stereocenters. The monoisotopic (exact) mass is 195 g/mol. The van der Waals surface area contributed by atoms with E-state index in [9.17, 15) is 0 Å². The van der Waals surface area contributed by atoms with Crippen LogP contribution in [0.3, 0.4) is 0 Å². The topological polar surface area (TPSA) is 12.0 Å². The molecule has 0 amide bonds. The lowest BCUT2D eigenvalue weighted by Gasteiger charge is -2.16. The van der Waals surface area contributed by atoms with Crippen LogP contribution in [0.25, 0.3) is 0 Å². The molecule has 0 saturated heterocycles. The third-order valence-corrected chi connectivity index (χ3v) is 2.94. The Hall–Kier alpha value is 0.540. The van der Waals surface area contributed by atoms with E-state index in [2.05, 4.69) is 26.1 Å². The molecule has 1 aliphatic carbocycles. The number of hydrogen-bond donors (Lipinski definition) is 1. The lowest BCUT2D eigenvalue weighted by Crippen LogP contribution is -2.35. The fourth-order valence-electron chi connectivity index (χ4n) is 1.42. The maximum Gasteiger partial charge on any atom is 0.123 e. The minimum atomic E-state index is -0.443. The Morgan fingerprint density at radius 2 is 1.82 bits per heavy atom. The lowest BCUT2D eigenvalue weighted by atomic mass is 10.2. The highest BCUT2D eigenvalue weighted by Crippen LogP contribution is 2.54. The molecule has 0 bridgehead atoms. The summed E-state index contributed by atoms with van der Waals surface area (Å²) in [5.74, 6) is 0.438. The van der Waals surface area contributed by atoms with Crippen molar-refractivity contribution < 1.29 is 0 Å². The first-order valence-corrected chi connectivity index (χ1v) is 4.83. The lowest BCUT2D eigenvalue weighted by molar-refractivity contribution is 0.448. The van der Waals surface area contributed by atoms with Crippen molar-refractivity contribution in [2.45, 2.75) is 43.6 Å². The Morgan fingerprint density at radius 3 is 2.09 bits per heavy atom. The molecule has 1 saturated carbocycles. The second kappa shape index (κ2) is 3.12. The molecule has 0 unspecified atom stereocenters. The molecule has 1 aliphatic rings. The third-order valence-electron chi connectivity index (χ3n) is 2.07. The van der Waals surface area contributed by atoms with Crippen LogP contribution in [0.2, 0.25) is 0 Å². The number of hydrogen-bond acceptors (Lipinski definition) is 1. The summed E-state index contributed by atoms with van der Waals surface area (Å²) in [5, 5.41) is 3.39. The normalized spacial score (nSPS) is 30.5. The average Bonchev–Trinajstić information content (AvgIpc) is 2.38. The SMILES string of the molecule is CC(C)N[C@H](C)[C@H]1CC1(Cl)Cl. The van der Waals surface area contributed by atoms with Gasteiger partial charge in [0.25, 0.3) is 0 Å². The predicted octanol–water partition coefficient (Wildman–Crippen LogP) is 2.57. The van der Waals surface area contributed by atoms with Crippen molar-refractivity contribution in [3.63, 3.8) is 0 Å². The van der Waals surface area contributed by atoms with Gasteiger partial charge in [-0.25, -0.2) is 0 Å². The van der Waals surface area contributed by atoms with Crippen LogP contribution in [0, 0.1) is 5.92 Å². The molecule has 0 heterocycles. The van der Waals surface area contributed by atoms with Gasteiger partial charge in [0, 0.05) is 18.0 Å². The second-order valence-corrected chi connectivity index (χ2v) is 5.22. The molecular formula is C8H15Cl2N. The summed E-state index contributed by atoms with van der Waals surface area (Å²) < 4.78 is -0.443. The zero-order valence-corrected chi connectivity index (χ0v) is 8.71. The van der Waals surface area contributed by atoms with Crippen molar-refractivity contribution in [2.75, 3.05) is 0 Å². The fourth-order valence-corrected chi connectivity index (χ4v) is 2.13. The standard InChI is InChI=1S/C8H15Cl2N/c1-5(2)11-6(3)7-4-8(7,9)10/h5-7,11H,4H2,1-3H3/t6-,7-/m1/s1. The van der Waals surface area contributed by atoms with Gasteiger partial charge < -0.3 is 5.32 Å². The van der Waals surface area contributed by atoms with E-state index in [1.165, 1.54) is 0 Å². The molecule has 0 aromatic rings. The quantitative estimate of drug-likeness (QED) is 0.684. The summed E-state index contributed by atoms with van der Waals surface area (Å²) in [6.07, 6.45) is 0.928. The van der Waals surface area contributed by atoms with E-state index in [-0.39, 0.29) is 0 Å². The predicted molar refractivity (Wildman–Crippen MR) is 50.3 cm³/mol. The Morgan fingerprint density at radius 1 is 1.36 bits per heavy atom. The molecule has 66 valence electrons. The van der Waals surface area contributed by atoms with Crippen molar-refractivity contribution >= 4 is 23.2 Å². The second-order valence-electron chi connectivity index (χ2n) is 3.68. The maximum absolute atomic E-state index is 5.91. The molecule has 0 spiro atoms. The van der Waals surface area contributed by atoms with Crippen LogP contribution in [0.5, 0.6) is 0 Å². The fraction of sp³-hybridized carbons (Fsp3) is 1.00. The summed E-state index contributed by atoms with van der Waals surface area (Å²) in [7, 11) is 0. The Bertz CT molecular complexity index is 145. The van der Waals surface area contributed by atoms with E-state index in [4.69, 9.17) is 23.2 Å². The van der Waals surface area contributed by atoms with Crippen LogP contribution in [-0.4, -0.2) is 16.4 Å². The summed E-state index contributed by atoms with van der Waals surface area (Å²) in [4.78, 5) is 0. The average molecular weight is 196 g/mol. The smallest absolute Gasteiger partial charge is 0.123 e. The van der Waals surface area contributed by atoms with Crippen LogP contribution in [0.4, 0.5) is 0 Å². The van der Waals surface area contributed by atoms with E-state index in [1.54, 1.807) is 0 Å². The van der Waals surface area contributed by atoms with Crippen molar-refractivity contribution in [3.8, 4) is 0 Å². The van der Waals surface area contributed by atoms with Gasteiger partial charge in [0.15, 0.2) is 0 Å². The minimum Gasteiger partial charge on any atom is -0.312 e. The molecule has 0 aromatic heterocycles. The van der Waals surface area contributed by atoms with Crippen molar-refractivity contribution in [2.24, 2.45) is 5.92 Å². The van der Waals surface area contributed by atoms with Crippen molar-refractivity contribution in [1.82, 2.24) is 5.32 Å². The van der Waals surface area contributed by atoms with E-state index in [1.807, 2.05) is 0 Å². The highest BCUT2D eigenvalue weighted by atomic mass is 35.5. The van der Waals surface area contributed by atoms with Gasteiger partial charge >= 0.3 is 0 Å². The first-order chi connectivity index (χ1) is 4.93. The molecular weight excluding hydrogens is 181 g/mol. The van der Waals surface area contributed by atoms with Crippen LogP contribution in [0.1, 0.15) is 27.2 Å². The first-order valence-electron chi connectivity index (χ1n) is 4.07.